The summed E-state index contributed by atoms with van der Waals surface area (Å²) < 4.78 is 0. The SMILES string of the molecule is C/C=C/C1CCC(=O)/C1=C\c1ccccc1. The van der Waals surface area contributed by atoms with E-state index in [9.17, 15) is 4.79 Å². The molecule has 0 aromatic heterocycles. The lowest BCUT2D eigenvalue weighted by Crippen LogP contribution is -1.98. The standard InChI is InChI=1S/C15H16O/c1-2-6-13-9-10-15(16)14(13)11-12-7-4-3-5-8-12/h2-8,11,13H,9-10H2,1H3/b6-2+,14-11-. The molecule has 0 radical (unpaired) electrons. The molecule has 1 saturated carbocycles. The first kappa shape index (κ1) is 10.9. The average molecular weight is 212 g/mol. The molecule has 2 rings (SSSR count). The molecule has 0 spiro atoms. The van der Waals surface area contributed by atoms with Crippen molar-refractivity contribution in [3.8, 4) is 0 Å². The number of allylic oxidation sites excluding steroid dienone is 3. The third-order valence-electron chi connectivity index (χ3n) is 2.95. The zero-order valence-electron chi connectivity index (χ0n) is 9.52. The molecule has 0 heterocycles. The Morgan fingerprint density at radius 1 is 1.25 bits per heavy atom. The van der Waals surface area contributed by atoms with E-state index in [1.807, 2.05) is 49.4 Å². The Bertz CT molecular complexity index is 426. The van der Waals surface area contributed by atoms with E-state index in [1.165, 1.54) is 0 Å². The van der Waals surface area contributed by atoms with Crippen LogP contribution in [-0.2, 0) is 4.79 Å². The molecule has 1 fully saturated rings. The molecule has 1 atom stereocenters. The first-order chi connectivity index (χ1) is 7.81. The number of carbonyl (C=O) groups is 1. The maximum atomic E-state index is 11.8. The van der Waals surface area contributed by atoms with Crippen molar-refractivity contribution < 1.29 is 4.79 Å². The Hall–Kier alpha value is -1.63. The topological polar surface area (TPSA) is 17.1 Å². The van der Waals surface area contributed by atoms with Crippen molar-refractivity contribution in [2.45, 2.75) is 19.8 Å². The summed E-state index contributed by atoms with van der Waals surface area (Å²) >= 11 is 0. The highest BCUT2D eigenvalue weighted by molar-refractivity contribution is 6.02. The van der Waals surface area contributed by atoms with Gasteiger partial charge in [-0.25, -0.2) is 0 Å². The van der Waals surface area contributed by atoms with Crippen LogP contribution < -0.4 is 0 Å². The van der Waals surface area contributed by atoms with Gasteiger partial charge in [0.15, 0.2) is 5.78 Å². The fourth-order valence-electron chi connectivity index (χ4n) is 2.14. The number of hydrogen-bond acceptors (Lipinski definition) is 1. The van der Waals surface area contributed by atoms with Gasteiger partial charge in [0.05, 0.1) is 0 Å². The number of rotatable bonds is 2. The van der Waals surface area contributed by atoms with Gasteiger partial charge in [0, 0.05) is 17.9 Å². The van der Waals surface area contributed by atoms with Crippen LogP contribution in [0.5, 0.6) is 0 Å². The fraction of sp³-hybridized carbons (Fsp3) is 0.267. The minimum Gasteiger partial charge on any atom is -0.295 e. The van der Waals surface area contributed by atoms with E-state index in [0.29, 0.717) is 18.1 Å². The maximum Gasteiger partial charge on any atom is 0.159 e. The molecule has 0 saturated heterocycles. The zero-order chi connectivity index (χ0) is 11.4. The largest absolute Gasteiger partial charge is 0.295 e. The Morgan fingerprint density at radius 2 is 2.00 bits per heavy atom. The van der Waals surface area contributed by atoms with Crippen LogP contribution in [0, 0.1) is 5.92 Å². The van der Waals surface area contributed by atoms with Crippen molar-refractivity contribution in [1.29, 1.82) is 0 Å². The van der Waals surface area contributed by atoms with Gasteiger partial charge in [-0.1, -0.05) is 42.5 Å². The summed E-state index contributed by atoms with van der Waals surface area (Å²) in [5.74, 6) is 0.615. The Morgan fingerprint density at radius 3 is 2.69 bits per heavy atom. The van der Waals surface area contributed by atoms with Crippen LogP contribution in [-0.4, -0.2) is 5.78 Å². The molecule has 0 amide bonds. The van der Waals surface area contributed by atoms with E-state index in [2.05, 4.69) is 6.08 Å². The van der Waals surface area contributed by atoms with Crippen LogP contribution in [0.2, 0.25) is 0 Å². The Balaban J connectivity index is 2.30. The third kappa shape index (κ3) is 2.30. The summed E-state index contributed by atoms with van der Waals surface area (Å²) in [6, 6.07) is 10.0. The molecule has 1 nitrogen and oxygen atoms in total. The molecule has 0 bridgehead atoms. The molecule has 1 aromatic rings. The molecular formula is C15H16O. The van der Waals surface area contributed by atoms with Crippen LogP contribution in [0.3, 0.4) is 0 Å². The monoisotopic (exact) mass is 212 g/mol. The minimum absolute atomic E-state index is 0.298. The predicted octanol–water partition coefficient (Wildman–Crippen LogP) is 3.63. The average Bonchev–Trinajstić information content (AvgIpc) is 2.64. The van der Waals surface area contributed by atoms with Crippen LogP contribution in [0.15, 0.2) is 48.1 Å². The zero-order valence-corrected chi connectivity index (χ0v) is 9.52. The van der Waals surface area contributed by atoms with Crippen molar-refractivity contribution >= 4 is 11.9 Å². The van der Waals surface area contributed by atoms with E-state index in [0.717, 1.165) is 17.6 Å². The van der Waals surface area contributed by atoms with E-state index >= 15 is 0 Å². The summed E-state index contributed by atoms with van der Waals surface area (Å²) in [5, 5.41) is 0. The normalized spacial score (nSPS) is 23.4. The number of Topliss-reactive ketones (excluding diaryl/α,β-unsaturated/α-hetero) is 1. The molecule has 0 aliphatic heterocycles. The fourth-order valence-corrected chi connectivity index (χ4v) is 2.14. The molecule has 1 aromatic carbocycles. The van der Waals surface area contributed by atoms with Gasteiger partial charge in [-0.05, 0) is 25.0 Å². The summed E-state index contributed by atoms with van der Waals surface area (Å²) in [7, 11) is 0. The van der Waals surface area contributed by atoms with E-state index in [-0.39, 0.29) is 0 Å². The van der Waals surface area contributed by atoms with Crippen LogP contribution in [0.4, 0.5) is 0 Å². The lowest BCUT2D eigenvalue weighted by molar-refractivity contribution is -0.114. The van der Waals surface area contributed by atoms with E-state index in [4.69, 9.17) is 0 Å². The second kappa shape index (κ2) is 4.93. The number of carbonyl (C=O) groups excluding carboxylic acids is 1. The van der Waals surface area contributed by atoms with Crippen molar-refractivity contribution in [3.63, 3.8) is 0 Å². The molecule has 1 unspecified atom stereocenters. The molecule has 82 valence electrons. The predicted molar refractivity (Wildman–Crippen MR) is 67.0 cm³/mol. The molecular weight excluding hydrogens is 196 g/mol. The van der Waals surface area contributed by atoms with Gasteiger partial charge in [-0.15, -0.1) is 0 Å². The van der Waals surface area contributed by atoms with Crippen molar-refractivity contribution in [3.05, 3.63) is 53.6 Å². The summed E-state index contributed by atoms with van der Waals surface area (Å²) in [6.07, 6.45) is 7.83. The van der Waals surface area contributed by atoms with Crippen molar-refractivity contribution in [2.75, 3.05) is 0 Å². The van der Waals surface area contributed by atoms with Crippen LogP contribution in [0.1, 0.15) is 25.3 Å². The summed E-state index contributed by atoms with van der Waals surface area (Å²) in [5.41, 5.74) is 2.08. The third-order valence-corrected chi connectivity index (χ3v) is 2.95. The van der Waals surface area contributed by atoms with Crippen molar-refractivity contribution in [2.24, 2.45) is 5.92 Å². The number of benzene rings is 1. The Kier molecular flexibility index (Phi) is 3.35. The maximum absolute atomic E-state index is 11.8. The van der Waals surface area contributed by atoms with Crippen LogP contribution in [0.25, 0.3) is 6.08 Å². The molecule has 1 aliphatic rings. The number of hydrogen-bond donors (Lipinski definition) is 0. The molecule has 0 N–H and O–H groups in total. The van der Waals surface area contributed by atoms with Gasteiger partial charge >= 0.3 is 0 Å². The lowest BCUT2D eigenvalue weighted by Gasteiger charge is -2.04. The first-order valence-corrected chi connectivity index (χ1v) is 5.74. The van der Waals surface area contributed by atoms with Crippen LogP contribution >= 0.6 is 0 Å². The molecule has 1 aliphatic carbocycles. The van der Waals surface area contributed by atoms with E-state index in [1.54, 1.807) is 0 Å². The highest BCUT2D eigenvalue weighted by Gasteiger charge is 2.25. The second-order valence-corrected chi connectivity index (χ2v) is 4.10. The molecule has 16 heavy (non-hydrogen) atoms. The Labute approximate surface area is 96.5 Å². The second-order valence-electron chi connectivity index (χ2n) is 4.10. The van der Waals surface area contributed by atoms with Gasteiger partial charge in [-0.3, -0.25) is 4.79 Å². The molecule has 1 heteroatoms. The first-order valence-electron chi connectivity index (χ1n) is 5.74. The highest BCUT2D eigenvalue weighted by Crippen LogP contribution is 2.30. The van der Waals surface area contributed by atoms with Gasteiger partial charge in [0.2, 0.25) is 0 Å². The van der Waals surface area contributed by atoms with Gasteiger partial charge in [0.25, 0.3) is 0 Å². The smallest absolute Gasteiger partial charge is 0.159 e. The van der Waals surface area contributed by atoms with Crippen molar-refractivity contribution in [1.82, 2.24) is 0 Å². The quantitative estimate of drug-likeness (QED) is 0.540. The summed E-state index contributed by atoms with van der Waals surface area (Å²) in [6.45, 7) is 2.00. The summed E-state index contributed by atoms with van der Waals surface area (Å²) in [4.78, 5) is 11.8. The highest BCUT2D eigenvalue weighted by atomic mass is 16.1. The number of ketones is 1. The van der Waals surface area contributed by atoms with E-state index < -0.39 is 0 Å². The van der Waals surface area contributed by atoms with Gasteiger partial charge < -0.3 is 0 Å². The lowest BCUT2D eigenvalue weighted by atomic mass is 9.99. The van der Waals surface area contributed by atoms with Gasteiger partial charge in [-0.2, -0.15) is 0 Å². The minimum atomic E-state index is 0.298. The van der Waals surface area contributed by atoms with Gasteiger partial charge in [0.1, 0.15) is 0 Å².